The van der Waals surface area contributed by atoms with Crippen molar-refractivity contribution in [3.05, 3.63) is 54.1 Å². The minimum atomic E-state index is 0. The van der Waals surface area contributed by atoms with Gasteiger partial charge in [-0.05, 0) is 31.3 Å². The predicted molar refractivity (Wildman–Crippen MR) is 78.0 cm³/mol. The minimum absolute atomic E-state index is 0. The van der Waals surface area contributed by atoms with Crippen LogP contribution >= 0.6 is 0 Å². The third kappa shape index (κ3) is 2.94. The summed E-state index contributed by atoms with van der Waals surface area (Å²) in [6, 6.07) is 8.19. The Morgan fingerprint density at radius 1 is 1.10 bits per heavy atom. The third-order valence-corrected chi connectivity index (χ3v) is 3.35. The molecule has 0 amide bonds. The van der Waals surface area contributed by atoms with Crippen LogP contribution in [-0.4, -0.2) is 19.7 Å². The maximum atomic E-state index is 4.46. The van der Waals surface area contributed by atoms with Gasteiger partial charge in [0.15, 0.2) is 0 Å². The summed E-state index contributed by atoms with van der Waals surface area (Å²) in [6.07, 6.45) is 6.47. The molecule has 5 heteroatoms. The van der Waals surface area contributed by atoms with Gasteiger partial charge in [0.1, 0.15) is 0 Å². The van der Waals surface area contributed by atoms with Crippen LogP contribution in [0.15, 0.2) is 36.8 Å². The fraction of sp³-hybridized carbons (Fsp3) is 0.188. The third-order valence-electron chi connectivity index (χ3n) is 3.35. The van der Waals surface area contributed by atoms with Gasteiger partial charge in [0, 0.05) is 45.4 Å². The number of aromatic nitrogens is 4. The Morgan fingerprint density at radius 2 is 1.81 bits per heavy atom. The predicted octanol–water partition coefficient (Wildman–Crippen LogP) is 2.96. The van der Waals surface area contributed by atoms with Gasteiger partial charge >= 0.3 is 0 Å². The molecule has 0 fully saturated rings. The van der Waals surface area contributed by atoms with E-state index < -0.39 is 0 Å². The molecule has 1 radical (unpaired) electrons. The maximum absolute atomic E-state index is 4.46. The SMILES string of the molecule is Cc1cccc(C)c1-c1ncn[c-]c1-c1ccn(C)n1.[Ir]. The van der Waals surface area contributed by atoms with Crippen molar-refractivity contribution in [2.45, 2.75) is 13.8 Å². The van der Waals surface area contributed by atoms with Crippen molar-refractivity contribution in [3.8, 4) is 22.5 Å². The Labute approximate surface area is 137 Å². The van der Waals surface area contributed by atoms with Crippen LogP contribution < -0.4 is 0 Å². The van der Waals surface area contributed by atoms with E-state index >= 15 is 0 Å². The molecule has 0 unspecified atom stereocenters. The Bertz CT molecular complexity index is 744. The number of rotatable bonds is 2. The quantitative estimate of drug-likeness (QED) is 0.558. The van der Waals surface area contributed by atoms with Crippen LogP contribution in [0.5, 0.6) is 0 Å². The number of benzene rings is 1. The molecule has 1 aromatic carbocycles. The first-order chi connectivity index (χ1) is 9.66. The summed E-state index contributed by atoms with van der Waals surface area (Å²) in [5.41, 5.74) is 6.07. The van der Waals surface area contributed by atoms with Gasteiger partial charge in [0.05, 0.1) is 0 Å². The average Bonchev–Trinajstić information content (AvgIpc) is 2.86. The van der Waals surface area contributed by atoms with Crippen LogP contribution in [0.2, 0.25) is 0 Å². The smallest absolute Gasteiger partial charge is 0.0295 e. The second-order valence-electron chi connectivity index (χ2n) is 4.85. The van der Waals surface area contributed by atoms with Gasteiger partial charge in [-0.1, -0.05) is 41.0 Å². The summed E-state index contributed by atoms with van der Waals surface area (Å²) < 4.78 is 1.77. The van der Waals surface area contributed by atoms with Crippen molar-refractivity contribution in [2.75, 3.05) is 0 Å². The summed E-state index contributed by atoms with van der Waals surface area (Å²) in [5, 5.41) is 4.43. The van der Waals surface area contributed by atoms with Crippen LogP contribution in [-0.2, 0) is 27.2 Å². The molecule has 0 atom stereocenters. The van der Waals surface area contributed by atoms with Crippen molar-refractivity contribution >= 4 is 0 Å². The fourth-order valence-electron chi connectivity index (χ4n) is 2.40. The summed E-state index contributed by atoms with van der Waals surface area (Å²) in [5.74, 6) is 0. The van der Waals surface area contributed by atoms with E-state index in [1.807, 2.05) is 19.3 Å². The van der Waals surface area contributed by atoms with Crippen molar-refractivity contribution in [1.29, 1.82) is 0 Å². The summed E-state index contributed by atoms with van der Waals surface area (Å²) in [6.45, 7) is 4.18. The molecule has 3 rings (SSSR count). The van der Waals surface area contributed by atoms with Gasteiger partial charge in [0.2, 0.25) is 0 Å². The van der Waals surface area contributed by atoms with Gasteiger partial charge < -0.3 is 9.97 Å². The van der Waals surface area contributed by atoms with Crippen molar-refractivity contribution < 1.29 is 20.1 Å². The first-order valence-electron chi connectivity index (χ1n) is 6.46. The fourth-order valence-corrected chi connectivity index (χ4v) is 2.40. The summed E-state index contributed by atoms with van der Waals surface area (Å²) in [4.78, 5) is 8.50. The zero-order valence-electron chi connectivity index (χ0n) is 12.1. The van der Waals surface area contributed by atoms with E-state index in [0.29, 0.717) is 0 Å². The minimum Gasteiger partial charge on any atom is -0.341 e. The van der Waals surface area contributed by atoms with E-state index in [4.69, 9.17) is 0 Å². The van der Waals surface area contributed by atoms with Crippen LogP contribution in [0, 0.1) is 20.0 Å². The van der Waals surface area contributed by atoms with Gasteiger partial charge in [-0.2, -0.15) is 0 Å². The molecule has 2 heterocycles. The Morgan fingerprint density at radius 3 is 2.43 bits per heavy atom. The molecule has 0 aliphatic carbocycles. The van der Waals surface area contributed by atoms with E-state index in [2.05, 4.69) is 53.3 Å². The molecule has 3 aromatic rings. The van der Waals surface area contributed by atoms with Crippen molar-refractivity contribution in [3.63, 3.8) is 0 Å². The molecular weight excluding hydrogens is 440 g/mol. The molecule has 0 saturated heterocycles. The van der Waals surface area contributed by atoms with Gasteiger partial charge in [0.25, 0.3) is 0 Å². The van der Waals surface area contributed by atoms with Crippen molar-refractivity contribution in [1.82, 2.24) is 19.7 Å². The Kier molecular flexibility index (Phi) is 4.66. The van der Waals surface area contributed by atoms with Gasteiger partial charge in [-0.25, -0.2) is 5.10 Å². The van der Waals surface area contributed by atoms with Crippen LogP contribution in [0.4, 0.5) is 0 Å². The van der Waals surface area contributed by atoms with Crippen LogP contribution in [0.1, 0.15) is 11.1 Å². The number of hydrogen-bond donors (Lipinski definition) is 0. The topological polar surface area (TPSA) is 43.6 Å². The molecule has 21 heavy (non-hydrogen) atoms. The first kappa shape index (κ1) is 15.5. The number of aryl methyl sites for hydroxylation is 3. The average molecular weight is 456 g/mol. The molecular formula is C16H15IrN4-. The zero-order valence-corrected chi connectivity index (χ0v) is 14.5. The second kappa shape index (κ2) is 6.29. The standard InChI is InChI=1S/C16H15N4.Ir/c1-11-5-4-6-12(2)15(11)16-13(9-17-10-18-16)14-7-8-20(3)19-14;/h4-8,10H,1-3H3;/q-1;. The Hall–Kier alpha value is -1.84. The second-order valence-corrected chi connectivity index (χ2v) is 4.85. The normalized spacial score (nSPS) is 10.2. The van der Waals surface area contributed by atoms with Gasteiger partial charge in [-0.3, -0.25) is 4.68 Å². The number of nitrogens with zero attached hydrogens (tertiary/aromatic N) is 4. The van der Waals surface area contributed by atoms with E-state index in [0.717, 1.165) is 22.5 Å². The Balaban J connectivity index is 0.00000161. The van der Waals surface area contributed by atoms with Crippen LogP contribution in [0.25, 0.3) is 22.5 Å². The molecule has 0 N–H and O–H groups in total. The summed E-state index contributed by atoms with van der Waals surface area (Å²) in [7, 11) is 1.89. The molecule has 2 aromatic heterocycles. The molecule has 0 bridgehead atoms. The van der Waals surface area contributed by atoms with E-state index in [1.165, 1.54) is 17.5 Å². The molecule has 109 valence electrons. The van der Waals surface area contributed by atoms with E-state index in [9.17, 15) is 0 Å². The number of hydrogen-bond acceptors (Lipinski definition) is 3. The molecule has 0 aliphatic rings. The molecule has 0 spiro atoms. The maximum Gasteiger partial charge on any atom is 0.0295 e. The van der Waals surface area contributed by atoms with Crippen LogP contribution in [0.3, 0.4) is 0 Å². The van der Waals surface area contributed by atoms with E-state index in [1.54, 1.807) is 4.68 Å². The van der Waals surface area contributed by atoms with Crippen molar-refractivity contribution in [2.24, 2.45) is 7.05 Å². The summed E-state index contributed by atoms with van der Waals surface area (Å²) >= 11 is 0. The monoisotopic (exact) mass is 456 g/mol. The molecule has 0 aliphatic heterocycles. The molecule has 4 nitrogen and oxygen atoms in total. The largest absolute Gasteiger partial charge is 0.341 e. The molecule has 0 saturated carbocycles. The van der Waals surface area contributed by atoms with E-state index in [-0.39, 0.29) is 20.1 Å². The van der Waals surface area contributed by atoms with Gasteiger partial charge in [-0.15, -0.1) is 0 Å². The zero-order chi connectivity index (χ0) is 14.1. The first-order valence-corrected chi connectivity index (χ1v) is 6.46.